The van der Waals surface area contributed by atoms with Gasteiger partial charge in [-0.3, -0.25) is 5.14 Å². The number of nitrogens with zero attached hydrogens (tertiary/aromatic N) is 4. The molecule has 2 fully saturated rings. The van der Waals surface area contributed by atoms with Gasteiger partial charge in [-0.05, 0) is 36.1 Å². The van der Waals surface area contributed by atoms with Crippen LogP contribution in [-0.2, 0) is 13.0 Å². The third kappa shape index (κ3) is 3.71. The molecular weight excluding hydrogens is 382 g/mol. The van der Waals surface area contributed by atoms with Gasteiger partial charge in [0.25, 0.3) is 0 Å². The third-order valence-electron chi connectivity index (χ3n) is 5.87. The van der Waals surface area contributed by atoms with Crippen LogP contribution >= 0.6 is 12.1 Å². The fourth-order valence-corrected chi connectivity index (χ4v) is 4.68. The number of hydrogen-bond donors (Lipinski definition) is 1. The fraction of sp³-hybridized carbons (Fsp3) is 0.364. The van der Waals surface area contributed by atoms with E-state index >= 15 is 0 Å². The van der Waals surface area contributed by atoms with Gasteiger partial charge in [-0.1, -0.05) is 23.9 Å². The van der Waals surface area contributed by atoms with Gasteiger partial charge in [0, 0.05) is 67.1 Å². The molecule has 1 aliphatic heterocycles. The van der Waals surface area contributed by atoms with Crippen molar-refractivity contribution in [3.8, 4) is 23.2 Å². The van der Waals surface area contributed by atoms with Crippen LogP contribution < -0.4 is 5.14 Å². The number of rotatable bonds is 5. The SMILES string of the molecule is CCc1nccn1Cc1cc(-c2ccc(C#CC3C4CN(SN)CC34)cc2)on1. The highest BCUT2D eigenvalue weighted by Crippen LogP contribution is 2.52. The third-order valence-corrected chi connectivity index (χ3v) is 6.47. The summed E-state index contributed by atoms with van der Waals surface area (Å²) in [4.78, 5) is 4.35. The Balaban J connectivity index is 1.23. The molecule has 3 heterocycles. The van der Waals surface area contributed by atoms with Gasteiger partial charge in [-0.2, -0.15) is 0 Å². The van der Waals surface area contributed by atoms with Crippen molar-refractivity contribution in [2.24, 2.45) is 22.9 Å². The lowest BCUT2D eigenvalue weighted by Gasteiger charge is -2.12. The van der Waals surface area contributed by atoms with Gasteiger partial charge < -0.3 is 9.09 Å². The van der Waals surface area contributed by atoms with Crippen LogP contribution in [0, 0.1) is 29.6 Å². The van der Waals surface area contributed by atoms with Crippen molar-refractivity contribution in [2.75, 3.05) is 13.1 Å². The van der Waals surface area contributed by atoms with Gasteiger partial charge in [0.2, 0.25) is 0 Å². The molecule has 148 valence electrons. The minimum absolute atomic E-state index is 0.533. The maximum Gasteiger partial charge on any atom is 0.167 e. The van der Waals surface area contributed by atoms with E-state index in [-0.39, 0.29) is 0 Å². The van der Waals surface area contributed by atoms with Gasteiger partial charge in [-0.15, -0.1) is 0 Å². The zero-order valence-corrected chi connectivity index (χ0v) is 17.1. The Kier molecular flexibility index (Phi) is 4.92. The molecule has 2 aromatic heterocycles. The summed E-state index contributed by atoms with van der Waals surface area (Å²) < 4.78 is 9.88. The molecule has 29 heavy (non-hydrogen) atoms. The Bertz CT molecular complexity index is 1050. The lowest BCUT2D eigenvalue weighted by Crippen LogP contribution is -2.18. The second-order valence-electron chi connectivity index (χ2n) is 7.66. The first-order chi connectivity index (χ1) is 14.2. The van der Waals surface area contributed by atoms with Gasteiger partial charge in [0.15, 0.2) is 5.76 Å². The second-order valence-corrected chi connectivity index (χ2v) is 8.39. The van der Waals surface area contributed by atoms with Crippen LogP contribution in [0.2, 0.25) is 0 Å². The lowest BCUT2D eigenvalue weighted by atomic mass is 10.1. The molecule has 6 nitrogen and oxygen atoms in total. The summed E-state index contributed by atoms with van der Waals surface area (Å²) in [5.74, 6) is 10.5. The Morgan fingerprint density at radius 1 is 1.24 bits per heavy atom. The Morgan fingerprint density at radius 3 is 2.76 bits per heavy atom. The number of benzene rings is 1. The van der Waals surface area contributed by atoms with Gasteiger partial charge in [0.1, 0.15) is 11.5 Å². The Labute approximate surface area is 174 Å². The highest BCUT2D eigenvalue weighted by atomic mass is 32.2. The summed E-state index contributed by atoms with van der Waals surface area (Å²) >= 11 is 1.35. The Morgan fingerprint density at radius 2 is 2.03 bits per heavy atom. The van der Waals surface area contributed by atoms with Crippen LogP contribution in [0.3, 0.4) is 0 Å². The van der Waals surface area contributed by atoms with E-state index in [4.69, 9.17) is 9.66 Å². The highest BCUT2D eigenvalue weighted by molar-refractivity contribution is 7.94. The maximum atomic E-state index is 5.63. The summed E-state index contributed by atoms with van der Waals surface area (Å²) in [6, 6.07) is 10.2. The smallest absolute Gasteiger partial charge is 0.167 e. The van der Waals surface area contributed by atoms with Gasteiger partial charge >= 0.3 is 0 Å². The number of fused-ring (bicyclic) bond motifs is 1. The van der Waals surface area contributed by atoms with E-state index < -0.39 is 0 Å². The monoisotopic (exact) mass is 405 g/mol. The number of nitrogens with two attached hydrogens (primary N) is 1. The molecule has 2 N–H and O–H groups in total. The Hall–Kier alpha value is -2.53. The zero-order valence-electron chi connectivity index (χ0n) is 16.3. The first-order valence-electron chi connectivity index (χ1n) is 9.94. The van der Waals surface area contributed by atoms with Crippen molar-refractivity contribution in [2.45, 2.75) is 19.9 Å². The van der Waals surface area contributed by atoms with Crippen molar-refractivity contribution < 1.29 is 4.52 Å². The average Bonchev–Trinajstić information content (AvgIpc) is 3.24. The number of imidazole rings is 1. The summed E-state index contributed by atoms with van der Waals surface area (Å²) in [7, 11) is 0. The molecule has 0 radical (unpaired) electrons. The first kappa shape index (κ1) is 18.5. The van der Waals surface area contributed by atoms with Crippen LogP contribution in [0.4, 0.5) is 0 Å². The molecule has 0 spiro atoms. The molecule has 1 saturated heterocycles. The van der Waals surface area contributed by atoms with Crippen molar-refractivity contribution in [1.82, 2.24) is 19.0 Å². The van der Waals surface area contributed by atoms with Gasteiger partial charge in [0.05, 0.1) is 6.54 Å². The number of hydrogen-bond acceptors (Lipinski definition) is 6. The molecule has 1 saturated carbocycles. The summed E-state index contributed by atoms with van der Waals surface area (Å²) in [5, 5.41) is 9.84. The molecule has 0 amide bonds. The van der Waals surface area contributed by atoms with E-state index in [9.17, 15) is 0 Å². The number of piperidine rings is 1. The highest BCUT2D eigenvalue weighted by Gasteiger charge is 2.55. The van der Waals surface area contributed by atoms with Gasteiger partial charge in [-0.25, -0.2) is 9.29 Å². The minimum Gasteiger partial charge on any atom is -0.356 e. The summed E-state index contributed by atoms with van der Waals surface area (Å²) in [6.45, 7) is 4.90. The topological polar surface area (TPSA) is 73.1 Å². The average molecular weight is 406 g/mol. The lowest BCUT2D eigenvalue weighted by molar-refractivity contribution is 0.421. The second kappa shape index (κ2) is 7.71. The van der Waals surface area contributed by atoms with Crippen molar-refractivity contribution in [1.29, 1.82) is 0 Å². The molecule has 2 aliphatic rings. The zero-order chi connectivity index (χ0) is 19.8. The predicted molar refractivity (Wildman–Crippen MR) is 113 cm³/mol. The van der Waals surface area contributed by atoms with E-state index in [1.54, 1.807) is 0 Å². The summed E-state index contributed by atoms with van der Waals surface area (Å²) in [6.07, 6.45) is 4.69. The van der Waals surface area contributed by atoms with E-state index in [0.29, 0.717) is 24.3 Å². The molecule has 0 bridgehead atoms. The molecule has 1 aliphatic carbocycles. The fourth-order valence-electron chi connectivity index (χ4n) is 4.17. The first-order valence-corrected chi connectivity index (χ1v) is 10.8. The van der Waals surface area contributed by atoms with Crippen LogP contribution in [0.25, 0.3) is 11.3 Å². The number of aryl methyl sites for hydroxylation is 1. The van der Waals surface area contributed by atoms with E-state index in [1.165, 1.54) is 12.1 Å². The maximum absolute atomic E-state index is 5.63. The van der Waals surface area contributed by atoms with Crippen LogP contribution in [-0.4, -0.2) is 32.1 Å². The largest absolute Gasteiger partial charge is 0.356 e. The molecule has 2 unspecified atom stereocenters. The molecule has 3 aromatic rings. The molecule has 2 atom stereocenters. The predicted octanol–water partition coefficient (Wildman–Crippen LogP) is 3.20. The normalized spacial score (nSPS) is 22.9. The van der Waals surface area contributed by atoms with Crippen LogP contribution in [0.1, 0.15) is 24.0 Å². The number of aromatic nitrogens is 3. The summed E-state index contributed by atoms with van der Waals surface area (Å²) in [5.41, 5.74) is 2.94. The van der Waals surface area contributed by atoms with Crippen LogP contribution in [0.15, 0.2) is 47.2 Å². The molecular formula is C22H23N5OS. The van der Waals surface area contributed by atoms with E-state index in [0.717, 1.165) is 47.9 Å². The van der Waals surface area contributed by atoms with Crippen molar-refractivity contribution in [3.63, 3.8) is 0 Å². The van der Waals surface area contributed by atoms with Crippen molar-refractivity contribution >= 4 is 12.1 Å². The minimum atomic E-state index is 0.533. The molecule has 5 rings (SSSR count). The van der Waals surface area contributed by atoms with E-state index in [1.807, 2.05) is 30.6 Å². The molecule has 1 aromatic carbocycles. The van der Waals surface area contributed by atoms with Crippen molar-refractivity contribution in [3.05, 3.63) is 59.8 Å². The van der Waals surface area contributed by atoms with Crippen LogP contribution in [0.5, 0.6) is 0 Å². The quantitative estimate of drug-likeness (QED) is 0.519. The molecule has 7 heteroatoms. The standard InChI is InChI=1S/C22H23N5OS/c1-2-22-24-9-10-26(22)12-17-11-21(28-25-17)16-6-3-15(4-7-16)5-8-18-19-13-27(29-23)14-20(18)19/h3-4,6-7,9-11,18-20H,2,12-14,23H2,1H3. The van der Waals surface area contributed by atoms with E-state index in [2.05, 4.69) is 49.9 Å².